The number of aromatic nitrogens is 1. The molecule has 1 aliphatic heterocycles. The fourth-order valence-electron chi connectivity index (χ4n) is 2.01. The van der Waals surface area contributed by atoms with Crippen molar-refractivity contribution in [2.75, 3.05) is 6.54 Å². The maximum Gasteiger partial charge on any atom is 0.0472 e. The van der Waals surface area contributed by atoms with Crippen molar-refractivity contribution in [1.82, 2.24) is 9.88 Å². The molecule has 1 aliphatic rings. The molecule has 2 rings (SSSR count). The first-order chi connectivity index (χ1) is 5.83. The molecule has 0 bridgehead atoms. The quantitative estimate of drug-likeness (QED) is 0.670. The minimum Gasteiger partial charge on any atom is -0.346 e. The molecule has 0 saturated carbocycles. The summed E-state index contributed by atoms with van der Waals surface area (Å²) in [4.78, 5) is 0. The Labute approximate surface area is 73.6 Å². The fourth-order valence-corrected chi connectivity index (χ4v) is 2.01. The predicted molar refractivity (Wildman–Crippen MR) is 50.2 cm³/mol. The van der Waals surface area contributed by atoms with Crippen molar-refractivity contribution in [1.29, 1.82) is 0 Å². The van der Waals surface area contributed by atoms with Crippen molar-refractivity contribution in [2.45, 2.75) is 32.9 Å². The van der Waals surface area contributed by atoms with E-state index in [2.05, 4.69) is 35.9 Å². The zero-order chi connectivity index (χ0) is 8.55. The molecule has 1 atom stereocenters. The number of aryl methyl sites for hydroxylation is 1. The van der Waals surface area contributed by atoms with Gasteiger partial charge in [0.15, 0.2) is 0 Å². The van der Waals surface area contributed by atoms with Gasteiger partial charge >= 0.3 is 0 Å². The van der Waals surface area contributed by atoms with Crippen molar-refractivity contribution in [3.63, 3.8) is 0 Å². The van der Waals surface area contributed by atoms with Crippen LogP contribution in [0.15, 0.2) is 12.1 Å². The Kier molecular flexibility index (Phi) is 1.93. The Morgan fingerprint density at radius 3 is 3.17 bits per heavy atom. The summed E-state index contributed by atoms with van der Waals surface area (Å²) in [6.45, 7) is 6.66. The molecule has 12 heavy (non-hydrogen) atoms. The largest absolute Gasteiger partial charge is 0.346 e. The molecule has 0 saturated heterocycles. The van der Waals surface area contributed by atoms with Gasteiger partial charge in [0.1, 0.15) is 0 Å². The highest BCUT2D eigenvalue weighted by molar-refractivity contribution is 5.20. The van der Waals surface area contributed by atoms with Crippen LogP contribution in [0, 0.1) is 6.92 Å². The first-order valence-electron chi connectivity index (χ1n) is 4.72. The van der Waals surface area contributed by atoms with E-state index in [1.807, 2.05) is 0 Å². The zero-order valence-corrected chi connectivity index (χ0v) is 7.80. The number of rotatable bonds is 1. The van der Waals surface area contributed by atoms with Crippen molar-refractivity contribution >= 4 is 0 Å². The lowest BCUT2D eigenvalue weighted by molar-refractivity contribution is 0.413. The third-order valence-electron chi connectivity index (χ3n) is 2.72. The lowest BCUT2D eigenvalue weighted by Gasteiger charge is -2.26. The molecule has 0 aliphatic carbocycles. The van der Waals surface area contributed by atoms with Crippen LogP contribution < -0.4 is 5.32 Å². The van der Waals surface area contributed by atoms with Crippen LogP contribution in [-0.2, 0) is 6.54 Å². The maximum absolute atomic E-state index is 3.52. The van der Waals surface area contributed by atoms with Gasteiger partial charge in [0.2, 0.25) is 0 Å². The van der Waals surface area contributed by atoms with Gasteiger partial charge in [-0.2, -0.15) is 0 Å². The van der Waals surface area contributed by atoms with E-state index in [4.69, 9.17) is 0 Å². The monoisotopic (exact) mass is 164 g/mol. The Balaban J connectivity index is 2.38. The summed E-state index contributed by atoms with van der Waals surface area (Å²) in [5.74, 6) is 0. The topological polar surface area (TPSA) is 17.0 Å². The normalized spacial score (nSPS) is 22.3. The van der Waals surface area contributed by atoms with E-state index in [1.165, 1.54) is 17.8 Å². The molecule has 1 aromatic rings. The predicted octanol–water partition coefficient (Wildman–Crippen LogP) is 1.85. The van der Waals surface area contributed by atoms with Crippen molar-refractivity contribution in [3.05, 3.63) is 23.5 Å². The minimum atomic E-state index is 0.576. The second kappa shape index (κ2) is 2.94. The van der Waals surface area contributed by atoms with Gasteiger partial charge in [-0.1, -0.05) is 6.92 Å². The van der Waals surface area contributed by atoms with Crippen LogP contribution in [0.5, 0.6) is 0 Å². The summed E-state index contributed by atoms with van der Waals surface area (Å²) in [6.07, 6.45) is 1.18. The van der Waals surface area contributed by atoms with Crippen molar-refractivity contribution in [2.24, 2.45) is 0 Å². The fraction of sp³-hybridized carbons (Fsp3) is 0.600. The van der Waals surface area contributed by atoms with Crippen LogP contribution in [0.3, 0.4) is 0 Å². The summed E-state index contributed by atoms with van der Waals surface area (Å²) in [5.41, 5.74) is 2.85. The van der Waals surface area contributed by atoms with Gasteiger partial charge in [0.05, 0.1) is 0 Å². The number of hydrogen-bond acceptors (Lipinski definition) is 1. The molecule has 2 heterocycles. The highest BCUT2D eigenvalue weighted by Crippen LogP contribution is 2.22. The summed E-state index contributed by atoms with van der Waals surface area (Å²) in [5, 5.41) is 3.52. The average Bonchev–Trinajstić information content (AvgIpc) is 2.48. The van der Waals surface area contributed by atoms with E-state index in [1.54, 1.807) is 0 Å². The van der Waals surface area contributed by atoms with Gasteiger partial charge < -0.3 is 9.88 Å². The Hall–Kier alpha value is -0.760. The Bertz CT molecular complexity index is 275. The van der Waals surface area contributed by atoms with Gasteiger partial charge in [-0.25, -0.2) is 0 Å². The summed E-state index contributed by atoms with van der Waals surface area (Å²) >= 11 is 0. The molecule has 0 spiro atoms. The molecule has 2 nitrogen and oxygen atoms in total. The van der Waals surface area contributed by atoms with Crippen LogP contribution in [0.1, 0.15) is 30.8 Å². The molecule has 1 aromatic heterocycles. The third-order valence-corrected chi connectivity index (χ3v) is 2.72. The SMILES string of the molecule is CCC1NCCn2c(C)ccc21. The smallest absolute Gasteiger partial charge is 0.0472 e. The lowest BCUT2D eigenvalue weighted by atomic mass is 10.1. The van der Waals surface area contributed by atoms with Gasteiger partial charge in [-0.3, -0.25) is 0 Å². The summed E-state index contributed by atoms with van der Waals surface area (Å²) in [7, 11) is 0. The molecule has 0 amide bonds. The second-order valence-electron chi connectivity index (χ2n) is 3.47. The Morgan fingerprint density at radius 1 is 1.58 bits per heavy atom. The van der Waals surface area contributed by atoms with Crippen LogP contribution in [-0.4, -0.2) is 11.1 Å². The van der Waals surface area contributed by atoms with Crippen LogP contribution in [0.4, 0.5) is 0 Å². The van der Waals surface area contributed by atoms with Gasteiger partial charge in [-0.15, -0.1) is 0 Å². The van der Waals surface area contributed by atoms with Gasteiger partial charge in [0.25, 0.3) is 0 Å². The molecular formula is C10H16N2. The Morgan fingerprint density at radius 2 is 2.42 bits per heavy atom. The standard InChI is InChI=1S/C10H16N2/c1-3-9-10-5-4-8(2)12(10)7-6-11-9/h4-5,9,11H,3,6-7H2,1-2H3. The van der Waals surface area contributed by atoms with Crippen LogP contribution >= 0.6 is 0 Å². The van der Waals surface area contributed by atoms with E-state index in [-0.39, 0.29) is 0 Å². The molecule has 66 valence electrons. The van der Waals surface area contributed by atoms with E-state index >= 15 is 0 Å². The van der Waals surface area contributed by atoms with E-state index in [0.29, 0.717) is 6.04 Å². The van der Waals surface area contributed by atoms with E-state index in [9.17, 15) is 0 Å². The number of hydrogen-bond donors (Lipinski definition) is 1. The van der Waals surface area contributed by atoms with Crippen LogP contribution in [0.2, 0.25) is 0 Å². The number of fused-ring (bicyclic) bond motifs is 1. The highest BCUT2D eigenvalue weighted by Gasteiger charge is 2.18. The molecule has 1 N–H and O–H groups in total. The first-order valence-corrected chi connectivity index (χ1v) is 4.72. The molecule has 0 radical (unpaired) electrons. The molecule has 0 fully saturated rings. The third kappa shape index (κ3) is 1.07. The van der Waals surface area contributed by atoms with Gasteiger partial charge in [-0.05, 0) is 25.5 Å². The minimum absolute atomic E-state index is 0.576. The lowest BCUT2D eigenvalue weighted by Crippen LogP contribution is -2.32. The van der Waals surface area contributed by atoms with Crippen molar-refractivity contribution in [3.8, 4) is 0 Å². The molecule has 2 heteroatoms. The maximum atomic E-state index is 3.52. The molecule has 0 aromatic carbocycles. The molecular weight excluding hydrogens is 148 g/mol. The summed E-state index contributed by atoms with van der Waals surface area (Å²) < 4.78 is 2.42. The van der Waals surface area contributed by atoms with E-state index < -0.39 is 0 Å². The summed E-state index contributed by atoms with van der Waals surface area (Å²) in [6, 6.07) is 5.04. The number of nitrogens with one attached hydrogen (secondary N) is 1. The number of nitrogens with zero attached hydrogens (tertiary/aromatic N) is 1. The molecule has 1 unspecified atom stereocenters. The van der Waals surface area contributed by atoms with E-state index in [0.717, 1.165) is 13.1 Å². The average molecular weight is 164 g/mol. The second-order valence-corrected chi connectivity index (χ2v) is 3.47. The van der Waals surface area contributed by atoms with Crippen LogP contribution in [0.25, 0.3) is 0 Å². The first kappa shape index (κ1) is 7.87. The van der Waals surface area contributed by atoms with Gasteiger partial charge in [0, 0.05) is 30.5 Å². The van der Waals surface area contributed by atoms with Crippen molar-refractivity contribution < 1.29 is 0 Å². The highest BCUT2D eigenvalue weighted by atomic mass is 15.1. The zero-order valence-electron chi connectivity index (χ0n) is 7.80.